The molecule has 36 heavy (non-hydrogen) atoms. The molecule has 0 aliphatic carbocycles. The highest BCUT2D eigenvalue weighted by Gasteiger charge is 2.34. The molecule has 1 unspecified atom stereocenters. The van der Waals surface area contributed by atoms with E-state index in [4.69, 9.17) is 4.74 Å². The summed E-state index contributed by atoms with van der Waals surface area (Å²) < 4.78 is 33.4. The lowest BCUT2D eigenvalue weighted by Crippen LogP contribution is -2.48. The highest BCUT2D eigenvalue weighted by molar-refractivity contribution is 7.87. The third kappa shape index (κ3) is 7.57. The number of nitro groups is 1. The molecule has 2 aromatic rings. The van der Waals surface area contributed by atoms with Gasteiger partial charge >= 0.3 is 16.2 Å². The molecule has 0 radical (unpaired) electrons. The Morgan fingerprint density at radius 2 is 1.81 bits per heavy atom. The average Bonchev–Trinajstić information content (AvgIpc) is 3.32. The van der Waals surface area contributed by atoms with Gasteiger partial charge in [-0.3, -0.25) is 10.1 Å². The number of benzene rings is 2. The fourth-order valence-corrected chi connectivity index (χ4v) is 4.57. The van der Waals surface area contributed by atoms with E-state index in [0.29, 0.717) is 11.3 Å². The molecule has 198 valence electrons. The maximum absolute atomic E-state index is 12.8. The summed E-state index contributed by atoms with van der Waals surface area (Å²) >= 11 is 0. The van der Waals surface area contributed by atoms with Crippen molar-refractivity contribution >= 4 is 27.6 Å². The number of hydrazone groups is 1. The first-order valence-corrected chi connectivity index (χ1v) is 12.7. The van der Waals surface area contributed by atoms with Gasteiger partial charge in [-0.05, 0) is 23.3 Å². The van der Waals surface area contributed by atoms with E-state index in [1.165, 1.54) is 19.2 Å². The van der Waals surface area contributed by atoms with Crippen molar-refractivity contribution in [1.82, 2.24) is 14.0 Å². The van der Waals surface area contributed by atoms with Crippen molar-refractivity contribution in [3.05, 3.63) is 75.8 Å². The van der Waals surface area contributed by atoms with E-state index in [-0.39, 0.29) is 45.3 Å². The normalized spacial score (nSPS) is 14.9. The Balaban J connectivity index is 0.00000211. The molecule has 0 saturated heterocycles. The number of nitrogens with zero attached hydrogens (tertiary/aromatic N) is 4. The summed E-state index contributed by atoms with van der Waals surface area (Å²) in [6.07, 6.45) is 0. The van der Waals surface area contributed by atoms with Crippen LogP contribution in [0.25, 0.3) is 0 Å². The van der Waals surface area contributed by atoms with Gasteiger partial charge in [0.05, 0.1) is 23.8 Å². The summed E-state index contributed by atoms with van der Waals surface area (Å²) in [6.45, 7) is 6.22. The molecule has 0 aromatic heterocycles. The minimum Gasteiger partial charge on any atom is -0.383 e. The van der Waals surface area contributed by atoms with E-state index >= 15 is 0 Å². The fourth-order valence-electron chi connectivity index (χ4n) is 3.46. The second kappa shape index (κ2) is 14.3. The van der Waals surface area contributed by atoms with Gasteiger partial charge in [0.1, 0.15) is 0 Å². The van der Waals surface area contributed by atoms with Crippen LogP contribution in [0.15, 0.2) is 59.7 Å². The highest BCUT2D eigenvalue weighted by Crippen LogP contribution is 2.29. The molecule has 0 bridgehead atoms. The number of ether oxygens (including phenoxy) is 1. The zero-order valence-electron chi connectivity index (χ0n) is 20.2. The second-order valence-corrected chi connectivity index (χ2v) is 8.90. The van der Waals surface area contributed by atoms with E-state index in [0.717, 1.165) is 14.9 Å². The third-order valence-corrected chi connectivity index (χ3v) is 6.73. The van der Waals surface area contributed by atoms with Crippen LogP contribution in [0, 0.1) is 10.1 Å². The van der Waals surface area contributed by atoms with Gasteiger partial charge < -0.3 is 4.74 Å². The molecule has 11 nitrogen and oxygen atoms in total. The number of likely N-dealkylation sites (N-methyl/N-ethyl adjacent to an activating group) is 1. The number of hydrogen-bond acceptors (Lipinski definition) is 7. The van der Waals surface area contributed by atoms with Crippen LogP contribution in [0.2, 0.25) is 0 Å². The van der Waals surface area contributed by atoms with Gasteiger partial charge in [-0.2, -0.15) is 17.8 Å². The van der Waals surface area contributed by atoms with Gasteiger partial charge in [0.15, 0.2) is 0 Å². The maximum atomic E-state index is 12.8. The van der Waals surface area contributed by atoms with Gasteiger partial charge in [-0.15, -0.1) is 0 Å². The first-order valence-electron chi connectivity index (χ1n) is 11.2. The van der Waals surface area contributed by atoms with Crippen molar-refractivity contribution < 1.29 is 22.9 Å². The molecule has 1 aliphatic heterocycles. The Morgan fingerprint density at radius 3 is 2.33 bits per heavy atom. The maximum Gasteiger partial charge on any atom is 0.352 e. The lowest BCUT2D eigenvalue weighted by molar-refractivity contribution is -0.384. The van der Waals surface area contributed by atoms with Crippen molar-refractivity contribution in [3.63, 3.8) is 0 Å². The summed E-state index contributed by atoms with van der Waals surface area (Å²) in [7, 11) is -2.63. The van der Waals surface area contributed by atoms with Crippen LogP contribution < -0.4 is 4.72 Å². The second-order valence-electron chi connectivity index (χ2n) is 7.23. The van der Waals surface area contributed by atoms with E-state index in [1.807, 2.05) is 44.2 Å². The Morgan fingerprint density at radius 1 is 1.19 bits per heavy atom. The summed E-state index contributed by atoms with van der Waals surface area (Å²) in [5, 5.41) is 16.4. The van der Waals surface area contributed by atoms with Crippen LogP contribution in [0.5, 0.6) is 0 Å². The molecule has 0 spiro atoms. The Labute approximate surface area is 213 Å². The topological polar surface area (TPSA) is 134 Å². The molecule has 1 N–H and O–H groups in total. The summed E-state index contributed by atoms with van der Waals surface area (Å²) in [5.74, 6) is -0.336. The number of hydrogen-bond donors (Lipinski definition) is 1. The van der Waals surface area contributed by atoms with Gasteiger partial charge in [0.2, 0.25) is 0 Å². The Kier molecular flexibility index (Phi) is 12.2. The van der Waals surface area contributed by atoms with Crippen LogP contribution in [0.4, 0.5) is 10.5 Å². The minimum absolute atomic E-state index is 0. The van der Waals surface area contributed by atoms with Crippen molar-refractivity contribution in [1.29, 1.82) is 0 Å². The van der Waals surface area contributed by atoms with Crippen LogP contribution in [0.1, 0.15) is 45.2 Å². The number of nitro benzene ring substituents is 1. The molecule has 1 heterocycles. The molecular formula is C24H35N5O6S. The number of amides is 2. The Bertz CT molecular complexity index is 1120. The van der Waals surface area contributed by atoms with Crippen LogP contribution in [-0.2, 0) is 14.9 Å². The van der Waals surface area contributed by atoms with E-state index in [1.54, 1.807) is 19.1 Å². The zero-order chi connectivity index (χ0) is 26.0. The summed E-state index contributed by atoms with van der Waals surface area (Å²) in [4.78, 5) is 23.3. The number of carbonyl (C=O) groups excluding carboxylic acids is 1. The predicted molar refractivity (Wildman–Crippen MR) is 140 cm³/mol. The van der Waals surface area contributed by atoms with Crippen molar-refractivity contribution in [3.8, 4) is 0 Å². The number of urea groups is 1. The molecule has 2 amide bonds. The third-order valence-electron chi connectivity index (χ3n) is 5.18. The van der Waals surface area contributed by atoms with Gasteiger partial charge in [-0.1, -0.05) is 58.5 Å². The molecule has 2 aromatic carbocycles. The SMILES string of the molecule is C.CC.CCN(CCOC)S(=O)(=O)NC(=O)N1CC(c2ccccc2)C(c2ccc([N+](=O)[O-])cc2)=N1. The van der Waals surface area contributed by atoms with Crippen molar-refractivity contribution in [2.75, 3.05) is 33.4 Å². The molecule has 0 saturated carbocycles. The monoisotopic (exact) mass is 521 g/mol. The van der Waals surface area contributed by atoms with Crippen LogP contribution in [-0.4, -0.2) is 67.7 Å². The van der Waals surface area contributed by atoms with Crippen LogP contribution in [0.3, 0.4) is 0 Å². The van der Waals surface area contributed by atoms with Gasteiger partial charge in [0, 0.05) is 38.2 Å². The number of nitrogens with one attached hydrogen (secondary N) is 1. The molecule has 1 atom stereocenters. The molecule has 0 fully saturated rings. The molecule has 12 heteroatoms. The minimum atomic E-state index is -4.09. The molecule has 1 aliphatic rings. The molecule has 3 rings (SSSR count). The highest BCUT2D eigenvalue weighted by atomic mass is 32.2. The quantitative estimate of drug-likeness (QED) is 0.392. The first-order chi connectivity index (χ1) is 16.8. The zero-order valence-corrected chi connectivity index (χ0v) is 21.1. The first kappa shape index (κ1) is 30.7. The lowest BCUT2D eigenvalue weighted by Gasteiger charge is -2.22. The summed E-state index contributed by atoms with van der Waals surface area (Å²) in [6, 6.07) is 14.3. The average molecular weight is 522 g/mol. The van der Waals surface area contributed by atoms with Gasteiger partial charge in [0.25, 0.3) is 5.69 Å². The number of rotatable bonds is 9. The number of carbonyl (C=O) groups is 1. The smallest absolute Gasteiger partial charge is 0.352 e. The van der Waals surface area contributed by atoms with E-state index in [2.05, 4.69) is 9.82 Å². The number of non-ortho nitro benzene ring substituents is 1. The fraction of sp³-hybridized carbons (Fsp3) is 0.417. The van der Waals surface area contributed by atoms with Gasteiger partial charge in [-0.25, -0.2) is 14.5 Å². The molecular weight excluding hydrogens is 486 g/mol. The number of methoxy groups -OCH3 is 1. The summed E-state index contributed by atoms with van der Waals surface area (Å²) in [5.41, 5.74) is 1.92. The van der Waals surface area contributed by atoms with Crippen molar-refractivity contribution in [2.24, 2.45) is 5.10 Å². The standard InChI is InChI=1S/C21H25N5O6S.C2H6.CH4/c1-3-24(13-14-32-2)33(30,31)23-21(27)25-15-19(16-7-5-4-6-8-16)20(22-25)17-9-11-18(12-10-17)26(28)29;1-2;/h4-12,19H,3,13-15H2,1-2H3,(H,23,27);1-2H3;1H4. The van der Waals surface area contributed by atoms with Crippen molar-refractivity contribution in [2.45, 2.75) is 34.1 Å². The lowest BCUT2D eigenvalue weighted by atomic mass is 9.90. The van der Waals surface area contributed by atoms with E-state index in [9.17, 15) is 23.3 Å². The van der Waals surface area contributed by atoms with E-state index < -0.39 is 21.2 Å². The Hall–Kier alpha value is -3.35. The predicted octanol–water partition coefficient (Wildman–Crippen LogP) is 3.98. The van der Waals surface area contributed by atoms with Crippen LogP contribution >= 0.6 is 0 Å². The largest absolute Gasteiger partial charge is 0.383 e.